The number of rotatable bonds is 6. The molecule has 3 nitrogen and oxygen atoms in total. The van der Waals surface area contributed by atoms with E-state index in [1.807, 2.05) is 61.5 Å². The van der Waals surface area contributed by atoms with Crippen molar-refractivity contribution < 1.29 is 9.53 Å². The first-order valence-electron chi connectivity index (χ1n) is 9.18. The molecule has 0 aliphatic rings. The summed E-state index contributed by atoms with van der Waals surface area (Å²) in [6.07, 6.45) is -0.593. The first kappa shape index (κ1) is 18.7. The summed E-state index contributed by atoms with van der Waals surface area (Å²) >= 11 is 0. The van der Waals surface area contributed by atoms with Gasteiger partial charge in [0.25, 0.3) is 5.91 Å². The molecule has 3 aromatic carbocycles. The highest BCUT2D eigenvalue weighted by Gasteiger charge is 2.21. The fraction of sp³-hybridized carbons (Fsp3) is 0.208. The molecule has 0 aliphatic carbocycles. The zero-order valence-corrected chi connectivity index (χ0v) is 16.0. The van der Waals surface area contributed by atoms with Crippen LogP contribution in [0, 0.1) is 13.8 Å². The van der Waals surface area contributed by atoms with Crippen LogP contribution in [0.1, 0.15) is 35.2 Å². The predicted octanol–water partition coefficient (Wildman–Crippen LogP) is 4.98. The van der Waals surface area contributed by atoms with Crippen LogP contribution in [0.5, 0.6) is 5.75 Å². The third-order valence-electron chi connectivity index (χ3n) is 4.53. The Morgan fingerprint density at radius 1 is 0.778 bits per heavy atom. The highest BCUT2D eigenvalue weighted by molar-refractivity contribution is 5.81. The Morgan fingerprint density at radius 2 is 1.30 bits per heavy atom. The van der Waals surface area contributed by atoms with Gasteiger partial charge >= 0.3 is 0 Å². The average Bonchev–Trinajstić information content (AvgIpc) is 2.69. The van der Waals surface area contributed by atoms with Crippen molar-refractivity contribution in [2.45, 2.75) is 32.9 Å². The van der Waals surface area contributed by atoms with Gasteiger partial charge in [0.05, 0.1) is 6.04 Å². The average molecular weight is 359 g/mol. The van der Waals surface area contributed by atoms with E-state index in [4.69, 9.17) is 4.74 Å². The van der Waals surface area contributed by atoms with E-state index in [0.717, 1.165) is 16.7 Å². The molecule has 1 N–H and O–H groups in total. The largest absolute Gasteiger partial charge is 0.481 e. The molecule has 2 atom stereocenters. The van der Waals surface area contributed by atoms with Crippen molar-refractivity contribution in [2.75, 3.05) is 0 Å². The summed E-state index contributed by atoms with van der Waals surface area (Å²) in [4.78, 5) is 12.8. The molecule has 0 radical (unpaired) electrons. The van der Waals surface area contributed by atoms with Crippen LogP contribution in [-0.2, 0) is 4.79 Å². The standard InChI is InChI=1S/C24H25NO2/c1-17-9-13-21(14-10-17)23(20-7-5-4-6-8-20)25-24(26)19(3)27-22-15-11-18(2)12-16-22/h4-16,19,23H,1-3H3,(H,25,26)/t19-,23-/m0/s1. The molecular weight excluding hydrogens is 334 g/mol. The first-order valence-corrected chi connectivity index (χ1v) is 9.18. The van der Waals surface area contributed by atoms with E-state index in [1.54, 1.807) is 6.92 Å². The Bertz CT molecular complexity index is 871. The summed E-state index contributed by atoms with van der Waals surface area (Å²) in [6.45, 7) is 5.84. The normalized spacial score (nSPS) is 12.9. The molecule has 3 heteroatoms. The van der Waals surface area contributed by atoms with Crippen LogP contribution in [0.25, 0.3) is 0 Å². The van der Waals surface area contributed by atoms with Gasteiger partial charge in [-0.3, -0.25) is 4.79 Å². The SMILES string of the molecule is Cc1ccc(O[C@@H](C)C(=O)N[C@@H](c2ccccc2)c2ccc(C)cc2)cc1. The Kier molecular flexibility index (Phi) is 5.92. The molecule has 0 aliphatic heterocycles. The molecule has 3 rings (SSSR count). The fourth-order valence-electron chi connectivity index (χ4n) is 2.90. The van der Waals surface area contributed by atoms with E-state index in [-0.39, 0.29) is 11.9 Å². The van der Waals surface area contributed by atoms with Gasteiger partial charge in [-0.2, -0.15) is 0 Å². The number of carbonyl (C=O) groups is 1. The molecule has 0 bridgehead atoms. The smallest absolute Gasteiger partial charge is 0.261 e. The molecule has 0 saturated carbocycles. The van der Waals surface area contributed by atoms with Gasteiger partial charge in [-0.1, -0.05) is 77.9 Å². The van der Waals surface area contributed by atoms with Crippen LogP contribution in [0.15, 0.2) is 78.9 Å². The second-order valence-corrected chi connectivity index (χ2v) is 6.84. The van der Waals surface area contributed by atoms with Gasteiger partial charge < -0.3 is 10.1 Å². The van der Waals surface area contributed by atoms with Gasteiger partial charge in [-0.05, 0) is 44.0 Å². The van der Waals surface area contributed by atoms with E-state index in [2.05, 4.69) is 36.5 Å². The summed E-state index contributed by atoms with van der Waals surface area (Å²) in [5, 5.41) is 3.14. The Hall–Kier alpha value is -3.07. The van der Waals surface area contributed by atoms with Crippen LogP contribution < -0.4 is 10.1 Å². The van der Waals surface area contributed by atoms with Crippen LogP contribution in [0.2, 0.25) is 0 Å². The number of ether oxygens (including phenoxy) is 1. The number of hydrogen-bond donors (Lipinski definition) is 1. The van der Waals surface area contributed by atoms with Gasteiger partial charge in [0.2, 0.25) is 0 Å². The molecule has 0 spiro atoms. The maximum Gasteiger partial charge on any atom is 0.261 e. The van der Waals surface area contributed by atoms with E-state index >= 15 is 0 Å². The van der Waals surface area contributed by atoms with Crippen LogP contribution in [-0.4, -0.2) is 12.0 Å². The molecule has 3 aromatic rings. The highest BCUT2D eigenvalue weighted by atomic mass is 16.5. The summed E-state index contributed by atoms with van der Waals surface area (Å²) in [7, 11) is 0. The maximum atomic E-state index is 12.8. The Balaban J connectivity index is 1.77. The quantitative estimate of drug-likeness (QED) is 0.674. The molecule has 27 heavy (non-hydrogen) atoms. The van der Waals surface area contributed by atoms with Crippen molar-refractivity contribution in [1.29, 1.82) is 0 Å². The van der Waals surface area contributed by atoms with Gasteiger partial charge in [-0.15, -0.1) is 0 Å². The Morgan fingerprint density at radius 3 is 1.89 bits per heavy atom. The number of carbonyl (C=O) groups excluding carboxylic acids is 1. The minimum absolute atomic E-state index is 0.148. The first-order chi connectivity index (χ1) is 13.0. The lowest BCUT2D eigenvalue weighted by Gasteiger charge is -2.23. The van der Waals surface area contributed by atoms with E-state index < -0.39 is 6.10 Å². The van der Waals surface area contributed by atoms with Crippen LogP contribution in [0.4, 0.5) is 0 Å². The van der Waals surface area contributed by atoms with Gasteiger partial charge in [0.15, 0.2) is 6.10 Å². The fourth-order valence-corrected chi connectivity index (χ4v) is 2.90. The lowest BCUT2D eigenvalue weighted by Crippen LogP contribution is -2.39. The van der Waals surface area contributed by atoms with E-state index in [9.17, 15) is 4.79 Å². The van der Waals surface area contributed by atoms with E-state index in [1.165, 1.54) is 5.56 Å². The molecule has 1 amide bonds. The van der Waals surface area contributed by atoms with Crippen molar-refractivity contribution >= 4 is 5.91 Å². The van der Waals surface area contributed by atoms with E-state index in [0.29, 0.717) is 5.75 Å². The zero-order valence-electron chi connectivity index (χ0n) is 16.0. The second-order valence-electron chi connectivity index (χ2n) is 6.84. The molecular formula is C24H25NO2. The summed E-state index contributed by atoms with van der Waals surface area (Å²) in [5.41, 5.74) is 4.43. The number of amides is 1. The number of benzene rings is 3. The summed E-state index contributed by atoms with van der Waals surface area (Å²) in [5.74, 6) is 0.542. The molecule has 0 aromatic heterocycles. The molecule has 0 unspecified atom stereocenters. The predicted molar refractivity (Wildman–Crippen MR) is 109 cm³/mol. The second kappa shape index (κ2) is 8.54. The van der Waals surface area contributed by atoms with Gasteiger partial charge in [0, 0.05) is 0 Å². The topological polar surface area (TPSA) is 38.3 Å². The van der Waals surface area contributed by atoms with Gasteiger partial charge in [-0.25, -0.2) is 0 Å². The highest BCUT2D eigenvalue weighted by Crippen LogP contribution is 2.23. The van der Waals surface area contributed by atoms with Gasteiger partial charge in [0.1, 0.15) is 5.75 Å². The molecule has 0 heterocycles. The van der Waals surface area contributed by atoms with Crippen molar-refractivity contribution in [2.24, 2.45) is 0 Å². The molecule has 0 saturated heterocycles. The minimum Gasteiger partial charge on any atom is -0.481 e. The van der Waals surface area contributed by atoms with Crippen LogP contribution in [0.3, 0.4) is 0 Å². The minimum atomic E-state index is -0.593. The zero-order chi connectivity index (χ0) is 19.2. The Labute approximate surface area is 161 Å². The third kappa shape index (κ3) is 4.98. The molecule has 138 valence electrons. The summed E-state index contributed by atoms with van der Waals surface area (Å²) < 4.78 is 5.81. The number of aryl methyl sites for hydroxylation is 2. The van der Waals surface area contributed by atoms with Crippen molar-refractivity contribution in [3.05, 3.63) is 101 Å². The number of nitrogens with one attached hydrogen (secondary N) is 1. The third-order valence-corrected chi connectivity index (χ3v) is 4.53. The summed E-state index contributed by atoms with van der Waals surface area (Å²) in [6, 6.07) is 25.7. The maximum absolute atomic E-state index is 12.8. The van der Waals surface area contributed by atoms with Crippen molar-refractivity contribution in [3.63, 3.8) is 0 Å². The number of hydrogen-bond acceptors (Lipinski definition) is 2. The van der Waals surface area contributed by atoms with Crippen LogP contribution >= 0.6 is 0 Å². The monoisotopic (exact) mass is 359 g/mol. The molecule has 0 fully saturated rings. The lowest BCUT2D eigenvalue weighted by atomic mass is 9.97. The van der Waals surface area contributed by atoms with Crippen molar-refractivity contribution in [3.8, 4) is 5.75 Å². The lowest BCUT2D eigenvalue weighted by molar-refractivity contribution is -0.127. The van der Waals surface area contributed by atoms with Crippen molar-refractivity contribution in [1.82, 2.24) is 5.32 Å².